The van der Waals surface area contributed by atoms with Crippen LogP contribution in [-0.2, 0) is 0 Å². The normalized spacial score (nSPS) is 5.45. The minimum atomic E-state index is 0. The zero-order valence-electron chi connectivity index (χ0n) is 8.42. The fourth-order valence-electron chi connectivity index (χ4n) is 0.385. The maximum absolute atomic E-state index is 4.64. The van der Waals surface area contributed by atoms with E-state index in [0.717, 1.165) is 0 Å². The smallest absolute Gasteiger partial charge is 1.00 e. The SMILES string of the molecule is CCl.CN.[H-].[Li+].c1ccccc1. The van der Waals surface area contributed by atoms with E-state index in [1.54, 1.807) is 0 Å². The molecule has 0 saturated heterocycles. The molecule has 0 aliphatic heterocycles. The van der Waals surface area contributed by atoms with Crippen LogP contribution in [0.2, 0.25) is 0 Å². The second kappa shape index (κ2) is 22.5. The largest absolute Gasteiger partial charge is 1.00 e. The standard InChI is InChI=1S/C6H6.CH3Cl.CH5N.Li.H/c1-2-4-6-5-3-1;2*1-2;;/h1-6H;1H3;2H2,1H3;;/q;;;+1;-1. The quantitative estimate of drug-likeness (QED) is 0.399. The summed E-state index contributed by atoms with van der Waals surface area (Å²) < 4.78 is 0. The first-order chi connectivity index (χ1) is 5.00. The van der Waals surface area contributed by atoms with Gasteiger partial charge in [-0.2, -0.15) is 0 Å². The fourth-order valence-corrected chi connectivity index (χ4v) is 0.385. The maximum atomic E-state index is 4.64. The molecule has 1 aromatic rings. The average Bonchev–Trinajstić information content (AvgIpc) is 2.14. The molecule has 60 valence electrons. The van der Waals surface area contributed by atoms with E-state index in [1.165, 1.54) is 13.4 Å². The zero-order valence-corrected chi connectivity index (χ0v) is 8.18. The molecule has 0 saturated carbocycles. The molecular formula is C8H15ClLiN. The van der Waals surface area contributed by atoms with Crippen LogP contribution in [0.1, 0.15) is 1.43 Å². The van der Waals surface area contributed by atoms with Gasteiger partial charge in [0.25, 0.3) is 0 Å². The molecule has 1 rings (SSSR count). The van der Waals surface area contributed by atoms with Crippen molar-refractivity contribution in [3.63, 3.8) is 0 Å². The Bertz CT molecular complexity index is 91.0. The molecule has 0 amide bonds. The van der Waals surface area contributed by atoms with Crippen molar-refractivity contribution in [2.24, 2.45) is 5.73 Å². The Hall–Kier alpha value is 0.0674. The molecule has 2 N–H and O–H groups in total. The van der Waals surface area contributed by atoms with E-state index in [9.17, 15) is 0 Å². The summed E-state index contributed by atoms with van der Waals surface area (Å²) in [7, 11) is 1.50. The van der Waals surface area contributed by atoms with Crippen LogP contribution in [0.25, 0.3) is 0 Å². The van der Waals surface area contributed by atoms with Gasteiger partial charge in [0, 0.05) is 6.38 Å². The van der Waals surface area contributed by atoms with Gasteiger partial charge in [0.05, 0.1) is 0 Å². The first kappa shape index (κ1) is 17.2. The van der Waals surface area contributed by atoms with E-state index in [1.807, 2.05) is 36.4 Å². The summed E-state index contributed by atoms with van der Waals surface area (Å²) in [5.41, 5.74) is 4.50. The van der Waals surface area contributed by atoms with Crippen LogP contribution in [0.5, 0.6) is 0 Å². The third-order valence-corrected chi connectivity index (χ3v) is 0.667. The molecule has 0 heterocycles. The van der Waals surface area contributed by atoms with Crippen molar-refractivity contribution >= 4 is 11.6 Å². The summed E-state index contributed by atoms with van der Waals surface area (Å²) in [5, 5.41) is 0. The average molecular weight is 168 g/mol. The number of hydrogen-bond donors (Lipinski definition) is 1. The number of benzene rings is 1. The third-order valence-electron chi connectivity index (χ3n) is 0.667. The van der Waals surface area contributed by atoms with Gasteiger partial charge in [-0.05, 0) is 7.05 Å². The van der Waals surface area contributed by atoms with Gasteiger partial charge in [-0.3, -0.25) is 0 Å². The summed E-state index contributed by atoms with van der Waals surface area (Å²) in [6.45, 7) is 0. The van der Waals surface area contributed by atoms with E-state index < -0.39 is 0 Å². The molecule has 0 fully saturated rings. The number of nitrogens with two attached hydrogens (primary N) is 1. The number of alkyl halides is 1. The summed E-state index contributed by atoms with van der Waals surface area (Å²) in [5.74, 6) is 0. The van der Waals surface area contributed by atoms with Gasteiger partial charge in [0.1, 0.15) is 0 Å². The van der Waals surface area contributed by atoms with E-state index >= 15 is 0 Å². The molecule has 1 aromatic carbocycles. The summed E-state index contributed by atoms with van der Waals surface area (Å²) >= 11 is 4.64. The van der Waals surface area contributed by atoms with Crippen molar-refractivity contribution in [2.75, 3.05) is 13.4 Å². The molecular weight excluding hydrogens is 152 g/mol. The first-order valence-electron chi connectivity index (χ1n) is 2.96. The Kier molecular flexibility index (Phi) is 35.2. The van der Waals surface area contributed by atoms with Crippen LogP contribution in [0, 0.1) is 0 Å². The summed E-state index contributed by atoms with van der Waals surface area (Å²) in [6, 6.07) is 12.0. The van der Waals surface area contributed by atoms with Crippen molar-refractivity contribution < 1.29 is 20.3 Å². The van der Waals surface area contributed by atoms with Crippen molar-refractivity contribution in [3.8, 4) is 0 Å². The molecule has 3 heteroatoms. The van der Waals surface area contributed by atoms with Crippen LogP contribution < -0.4 is 24.6 Å². The maximum Gasteiger partial charge on any atom is 1.00 e. The molecule has 1 nitrogen and oxygen atoms in total. The minimum absolute atomic E-state index is 0. The van der Waals surface area contributed by atoms with Crippen LogP contribution in [-0.4, -0.2) is 13.4 Å². The molecule has 11 heavy (non-hydrogen) atoms. The van der Waals surface area contributed by atoms with Crippen LogP contribution >= 0.6 is 11.6 Å². The van der Waals surface area contributed by atoms with Gasteiger partial charge in [-0.1, -0.05) is 36.4 Å². The first-order valence-corrected chi connectivity index (χ1v) is 3.71. The predicted octanol–water partition coefficient (Wildman–Crippen LogP) is -0.767. The van der Waals surface area contributed by atoms with E-state index in [4.69, 9.17) is 0 Å². The number of rotatable bonds is 0. The van der Waals surface area contributed by atoms with Crippen molar-refractivity contribution in [1.82, 2.24) is 0 Å². The van der Waals surface area contributed by atoms with Gasteiger partial charge in [0.2, 0.25) is 0 Å². The third kappa shape index (κ3) is 17.8. The van der Waals surface area contributed by atoms with Crippen LogP contribution in [0.3, 0.4) is 0 Å². The Morgan fingerprint density at radius 3 is 1.00 bits per heavy atom. The van der Waals surface area contributed by atoms with Crippen molar-refractivity contribution in [1.29, 1.82) is 0 Å². The van der Waals surface area contributed by atoms with Gasteiger partial charge >= 0.3 is 18.9 Å². The van der Waals surface area contributed by atoms with Crippen LogP contribution in [0.4, 0.5) is 0 Å². The zero-order chi connectivity index (χ0) is 8.24. The van der Waals surface area contributed by atoms with Crippen molar-refractivity contribution in [3.05, 3.63) is 36.4 Å². The Morgan fingerprint density at radius 2 is 0.909 bits per heavy atom. The molecule has 0 bridgehead atoms. The van der Waals surface area contributed by atoms with Gasteiger partial charge in [0.15, 0.2) is 0 Å². The summed E-state index contributed by atoms with van der Waals surface area (Å²) in [6.07, 6.45) is 1.47. The molecule has 0 atom stereocenters. The molecule has 0 aromatic heterocycles. The predicted molar refractivity (Wildman–Crippen MR) is 49.4 cm³/mol. The Balaban J connectivity index is -0.0000000480. The summed E-state index contributed by atoms with van der Waals surface area (Å²) in [4.78, 5) is 0. The molecule has 0 spiro atoms. The van der Waals surface area contributed by atoms with Gasteiger partial charge < -0.3 is 7.16 Å². The van der Waals surface area contributed by atoms with Gasteiger partial charge in [-0.15, -0.1) is 11.6 Å². The van der Waals surface area contributed by atoms with Crippen molar-refractivity contribution in [2.45, 2.75) is 0 Å². The number of halogens is 1. The second-order valence-corrected chi connectivity index (χ2v) is 1.15. The topological polar surface area (TPSA) is 26.0 Å². The Morgan fingerprint density at radius 1 is 0.818 bits per heavy atom. The van der Waals surface area contributed by atoms with E-state index in [-0.39, 0.29) is 20.3 Å². The fraction of sp³-hybridized carbons (Fsp3) is 0.250. The second-order valence-electron chi connectivity index (χ2n) is 1.15. The minimum Gasteiger partial charge on any atom is -1.00 e. The molecule has 0 aliphatic rings. The molecule has 0 aliphatic carbocycles. The molecule has 0 unspecified atom stereocenters. The molecule has 0 radical (unpaired) electrons. The number of hydrogen-bond acceptors (Lipinski definition) is 1. The van der Waals surface area contributed by atoms with Gasteiger partial charge in [-0.25, -0.2) is 0 Å². The van der Waals surface area contributed by atoms with Crippen LogP contribution in [0.15, 0.2) is 36.4 Å². The van der Waals surface area contributed by atoms with E-state index in [0.29, 0.717) is 0 Å². The monoisotopic (exact) mass is 167 g/mol. The Labute approximate surface area is 87.6 Å². The van der Waals surface area contributed by atoms with E-state index in [2.05, 4.69) is 17.3 Å².